The summed E-state index contributed by atoms with van der Waals surface area (Å²) >= 11 is 1.50. The summed E-state index contributed by atoms with van der Waals surface area (Å²) in [5.41, 5.74) is 1.11. The maximum atomic E-state index is 12.6. The molecule has 0 aromatic heterocycles. The van der Waals surface area contributed by atoms with Gasteiger partial charge in [-0.15, -0.1) is 11.8 Å². The fourth-order valence-corrected chi connectivity index (χ4v) is 4.74. The molecule has 2 heterocycles. The number of hydrogen-bond donors (Lipinski definition) is 1. The lowest BCUT2D eigenvalue weighted by Gasteiger charge is -2.38. The van der Waals surface area contributed by atoms with Crippen LogP contribution in [0.4, 0.5) is 0 Å². The second-order valence-corrected chi connectivity index (χ2v) is 8.77. The molecule has 2 aliphatic heterocycles. The van der Waals surface area contributed by atoms with Crippen LogP contribution >= 0.6 is 11.8 Å². The molecule has 1 N–H and O–H groups in total. The molecule has 0 atom stereocenters. The minimum Gasteiger partial charge on any atom is -0.494 e. The van der Waals surface area contributed by atoms with E-state index >= 15 is 0 Å². The van der Waals surface area contributed by atoms with Crippen LogP contribution in [0.25, 0.3) is 0 Å². The zero-order chi connectivity index (χ0) is 21.5. The zero-order valence-electron chi connectivity index (χ0n) is 17.9. The van der Waals surface area contributed by atoms with E-state index < -0.39 is 0 Å². The molecule has 2 aromatic rings. The number of ether oxygens (including phenoxy) is 4. The van der Waals surface area contributed by atoms with Crippen molar-refractivity contribution in [2.24, 2.45) is 0 Å². The quantitative estimate of drug-likeness (QED) is 0.626. The van der Waals surface area contributed by atoms with Gasteiger partial charge in [0.1, 0.15) is 19.0 Å². The van der Waals surface area contributed by atoms with Crippen molar-refractivity contribution in [2.45, 2.75) is 30.1 Å². The first-order valence-electron chi connectivity index (χ1n) is 10.8. The summed E-state index contributed by atoms with van der Waals surface area (Å²) in [7, 11) is 0. The van der Waals surface area contributed by atoms with Gasteiger partial charge in [-0.2, -0.15) is 0 Å². The lowest BCUT2D eigenvalue weighted by molar-refractivity contribution is -0.119. The number of rotatable bonds is 8. The number of nitrogens with one attached hydrogen (secondary N) is 1. The van der Waals surface area contributed by atoms with Crippen LogP contribution in [-0.4, -0.2) is 51.2 Å². The van der Waals surface area contributed by atoms with Crippen molar-refractivity contribution >= 4 is 17.7 Å². The summed E-state index contributed by atoms with van der Waals surface area (Å²) < 4.78 is 22.4. The molecule has 7 heteroatoms. The molecule has 1 amide bonds. The Kier molecular flexibility index (Phi) is 7.25. The number of benzene rings is 2. The van der Waals surface area contributed by atoms with E-state index in [1.54, 1.807) is 0 Å². The standard InChI is InChI=1S/C24H29NO5S/c1-2-28-19-5-3-18(4-6-19)24(9-11-27-12-10-24)17-25-23(26)16-31-20-7-8-21-22(15-20)30-14-13-29-21/h3-8,15H,2,9-14,16-17H2,1H3,(H,25,26). The van der Waals surface area contributed by atoms with E-state index in [4.69, 9.17) is 18.9 Å². The third-order valence-electron chi connectivity index (χ3n) is 5.74. The topological polar surface area (TPSA) is 66.0 Å². The van der Waals surface area contributed by atoms with Crippen LogP contribution in [0.15, 0.2) is 47.4 Å². The van der Waals surface area contributed by atoms with Crippen LogP contribution in [0.2, 0.25) is 0 Å². The van der Waals surface area contributed by atoms with Crippen LogP contribution in [-0.2, 0) is 14.9 Å². The molecular formula is C24H29NO5S. The second kappa shape index (κ2) is 10.3. The van der Waals surface area contributed by atoms with Crippen LogP contribution in [0, 0.1) is 0 Å². The summed E-state index contributed by atoms with van der Waals surface area (Å²) in [4.78, 5) is 13.6. The van der Waals surface area contributed by atoms with Crippen LogP contribution in [0.3, 0.4) is 0 Å². The molecule has 0 aliphatic carbocycles. The molecule has 0 spiro atoms. The predicted octanol–water partition coefficient (Wildman–Crippen LogP) is 3.81. The van der Waals surface area contributed by atoms with Gasteiger partial charge in [-0.1, -0.05) is 12.1 Å². The minimum atomic E-state index is -0.111. The molecule has 31 heavy (non-hydrogen) atoms. The normalized spacial score (nSPS) is 17.1. The van der Waals surface area contributed by atoms with Crippen molar-refractivity contribution in [3.63, 3.8) is 0 Å². The van der Waals surface area contributed by atoms with Crippen LogP contribution in [0.1, 0.15) is 25.3 Å². The SMILES string of the molecule is CCOc1ccc(C2(CNC(=O)CSc3ccc4c(c3)OCCO4)CCOCC2)cc1. The van der Waals surface area contributed by atoms with E-state index in [2.05, 4.69) is 17.4 Å². The Morgan fingerprint density at radius 3 is 2.52 bits per heavy atom. The Hall–Kier alpha value is -2.38. The molecule has 0 radical (unpaired) electrons. The van der Waals surface area contributed by atoms with E-state index in [0.29, 0.717) is 45.3 Å². The first-order chi connectivity index (χ1) is 15.2. The lowest BCUT2D eigenvalue weighted by Crippen LogP contribution is -2.45. The van der Waals surface area contributed by atoms with E-state index in [0.717, 1.165) is 35.0 Å². The molecule has 4 rings (SSSR count). The molecule has 0 saturated carbocycles. The predicted molar refractivity (Wildman–Crippen MR) is 121 cm³/mol. The highest BCUT2D eigenvalue weighted by Gasteiger charge is 2.34. The molecule has 6 nitrogen and oxygen atoms in total. The number of hydrogen-bond acceptors (Lipinski definition) is 6. The van der Waals surface area contributed by atoms with Gasteiger partial charge >= 0.3 is 0 Å². The van der Waals surface area contributed by atoms with Crippen molar-refractivity contribution < 1.29 is 23.7 Å². The lowest BCUT2D eigenvalue weighted by atomic mass is 9.74. The molecule has 2 aliphatic rings. The van der Waals surface area contributed by atoms with Gasteiger partial charge in [-0.3, -0.25) is 4.79 Å². The Morgan fingerprint density at radius 2 is 1.77 bits per heavy atom. The number of carbonyl (C=O) groups is 1. The third-order valence-corrected chi connectivity index (χ3v) is 6.73. The van der Waals surface area contributed by atoms with E-state index in [-0.39, 0.29) is 11.3 Å². The summed E-state index contributed by atoms with van der Waals surface area (Å²) in [5, 5.41) is 3.16. The molecule has 0 bridgehead atoms. The maximum Gasteiger partial charge on any atom is 0.230 e. The number of fused-ring (bicyclic) bond motifs is 1. The van der Waals surface area contributed by atoms with E-state index in [1.165, 1.54) is 17.3 Å². The highest BCUT2D eigenvalue weighted by molar-refractivity contribution is 8.00. The number of amides is 1. The number of thioether (sulfide) groups is 1. The van der Waals surface area contributed by atoms with E-state index in [1.807, 2.05) is 37.3 Å². The van der Waals surface area contributed by atoms with Gasteiger partial charge in [0.2, 0.25) is 5.91 Å². The maximum absolute atomic E-state index is 12.6. The average molecular weight is 444 g/mol. The zero-order valence-corrected chi connectivity index (χ0v) is 18.7. The highest BCUT2D eigenvalue weighted by Crippen LogP contribution is 2.36. The summed E-state index contributed by atoms with van der Waals surface area (Å²) in [5.74, 6) is 2.75. The van der Waals surface area contributed by atoms with Crippen LogP contribution < -0.4 is 19.5 Å². The van der Waals surface area contributed by atoms with Gasteiger partial charge in [0.25, 0.3) is 0 Å². The van der Waals surface area contributed by atoms with Crippen molar-refractivity contribution in [3.05, 3.63) is 48.0 Å². The molecule has 1 saturated heterocycles. The molecule has 0 unspecified atom stereocenters. The van der Waals surface area contributed by atoms with Gasteiger partial charge in [0.15, 0.2) is 11.5 Å². The smallest absolute Gasteiger partial charge is 0.230 e. The fraction of sp³-hybridized carbons (Fsp3) is 0.458. The van der Waals surface area contributed by atoms with Crippen molar-refractivity contribution in [1.82, 2.24) is 5.32 Å². The Labute approximate surface area is 187 Å². The first kappa shape index (κ1) is 21.8. The van der Waals surface area contributed by atoms with Crippen molar-refractivity contribution in [1.29, 1.82) is 0 Å². The summed E-state index contributed by atoms with van der Waals surface area (Å²) in [6.45, 7) is 5.76. The highest BCUT2D eigenvalue weighted by atomic mass is 32.2. The average Bonchev–Trinajstić information content (AvgIpc) is 2.82. The fourth-order valence-electron chi connectivity index (χ4n) is 3.98. The monoisotopic (exact) mass is 443 g/mol. The van der Waals surface area contributed by atoms with Gasteiger partial charge in [0, 0.05) is 30.1 Å². The second-order valence-electron chi connectivity index (χ2n) is 7.72. The Morgan fingerprint density at radius 1 is 1.03 bits per heavy atom. The summed E-state index contributed by atoms with van der Waals surface area (Å²) in [6.07, 6.45) is 1.77. The minimum absolute atomic E-state index is 0.0247. The van der Waals surface area contributed by atoms with Gasteiger partial charge in [-0.05, 0) is 55.7 Å². The van der Waals surface area contributed by atoms with Crippen molar-refractivity contribution in [3.8, 4) is 17.2 Å². The number of carbonyl (C=O) groups excluding carboxylic acids is 1. The Bertz CT molecular complexity index is 880. The van der Waals surface area contributed by atoms with Gasteiger partial charge in [0.05, 0.1) is 12.4 Å². The van der Waals surface area contributed by atoms with Crippen LogP contribution in [0.5, 0.6) is 17.2 Å². The Balaban J connectivity index is 1.35. The summed E-state index contributed by atoms with van der Waals surface area (Å²) in [6, 6.07) is 14.1. The molecule has 1 fully saturated rings. The van der Waals surface area contributed by atoms with Gasteiger partial charge in [-0.25, -0.2) is 0 Å². The van der Waals surface area contributed by atoms with Crippen molar-refractivity contribution in [2.75, 3.05) is 45.3 Å². The molecule has 166 valence electrons. The van der Waals surface area contributed by atoms with E-state index in [9.17, 15) is 4.79 Å². The first-order valence-corrected chi connectivity index (χ1v) is 11.8. The van der Waals surface area contributed by atoms with Gasteiger partial charge < -0.3 is 24.3 Å². The third kappa shape index (κ3) is 5.46. The molecule has 2 aromatic carbocycles. The molecular weight excluding hydrogens is 414 g/mol. The largest absolute Gasteiger partial charge is 0.494 e.